The Morgan fingerprint density at radius 2 is 1.58 bits per heavy atom. The molecule has 1 fully saturated rings. The third-order valence-corrected chi connectivity index (χ3v) is 5.66. The van der Waals surface area contributed by atoms with Crippen molar-refractivity contribution in [2.45, 2.75) is 39.2 Å². The van der Waals surface area contributed by atoms with E-state index in [4.69, 9.17) is 9.47 Å². The molecule has 0 saturated carbocycles. The van der Waals surface area contributed by atoms with Gasteiger partial charge in [-0.2, -0.15) is 0 Å². The number of imide groups is 1. The van der Waals surface area contributed by atoms with Crippen LogP contribution in [0.15, 0.2) is 60.7 Å². The van der Waals surface area contributed by atoms with E-state index < -0.39 is 29.9 Å². The number of esters is 1. The summed E-state index contributed by atoms with van der Waals surface area (Å²) >= 11 is 0. The summed E-state index contributed by atoms with van der Waals surface area (Å²) in [6.45, 7) is 5.80. The molecule has 3 rings (SSSR count). The van der Waals surface area contributed by atoms with Gasteiger partial charge < -0.3 is 9.47 Å². The van der Waals surface area contributed by atoms with Crippen LogP contribution in [0.4, 0.5) is 4.79 Å². The van der Waals surface area contributed by atoms with Crippen LogP contribution in [0, 0.1) is 11.8 Å². The first kappa shape index (κ1) is 22.5. The molecule has 6 nitrogen and oxygen atoms in total. The van der Waals surface area contributed by atoms with Gasteiger partial charge in [-0.15, -0.1) is 0 Å². The van der Waals surface area contributed by atoms with E-state index in [9.17, 15) is 14.4 Å². The SMILES string of the molecule is CCOC(=O)CC(C(=O)N1C(=O)OC[C@H]1C(c1ccccc1)c1ccccc1)C(C)C. The lowest BCUT2D eigenvalue weighted by Gasteiger charge is -2.31. The molecule has 0 spiro atoms. The minimum Gasteiger partial charge on any atom is -0.466 e. The van der Waals surface area contributed by atoms with Crippen molar-refractivity contribution in [3.05, 3.63) is 71.8 Å². The van der Waals surface area contributed by atoms with Gasteiger partial charge >= 0.3 is 12.1 Å². The molecule has 1 unspecified atom stereocenters. The van der Waals surface area contributed by atoms with Crippen molar-refractivity contribution in [3.8, 4) is 0 Å². The van der Waals surface area contributed by atoms with Gasteiger partial charge in [0.25, 0.3) is 0 Å². The minimum absolute atomic E-state index is 0.0673. The average molecular weight is 424 g/mol. The lowest BCUT2D eigenvalue weighted by Crippen LogP contribution is -2.47. The number of carbonyl (C=O) groups excluding carboxylic acids is 3. The van der Waals surface area contributed by atoms with E-state index in [1.807, 2.05) is 74.5 Å². The molecule has 1 aliphatic heterocycles. The third-order valence-electron chi connectivity index (χ3n) is 5.66. The third kappa shape index (κ3) is 5.13. The van der Waals surface area contributed by atoms with E-state index in [2.05, 4.69) is 0 Å². The summed E-state index contributed by atoms with van der Waals surface area (Å²) in [4.78, 5) is 39.6. The van der Waals surface area contributed by atoms with Crippen LogP contribution in [0.25, 0.3) is 0 Å². The number of hydrogen-bond donors (Lipinski definition) is 0. The van der Waals surface area contributed by atoms with Crippen LogP contribution in [-0.4, -0.2) is 42.1 Å². The molecule has 6 heteroatoms. The molecule has 0 bridgehead atoms. The lowest BCUT2D eigenvalue weighted by molar-refractivity contribution is -0.149. The molecule has 0 aromatic heterocycles. The van der Waals surface area contributed by atoms with Gasteiger partial charge in [-0.1, -0.05) is 74.5 Å². The van der Waals surface area contributed by atoms with E-state index in [0.717, 1.165) is 11.1 Å². The van der Waals surface area contributed by atoms with E-state index in [0.29, 0.717) is 0 Å². The van der Waals surface area contributed by atoms with Crippen molar-refractivity contribution in [2.24, 2.45) is 11.8 Å². The van der Waals surface area contributed by atoms with Gasteiger partial charge in [0.1, 0.15) is 6.61 Å². The molecule has 1 heterocycles. The number of nitrogens with zero attached hydrogens (tertiary/aromatic N) is 1. The van der Waals surface area contributed by atoms with Crippen molar-refractivity contribution in [2.75, 3.05) is 13.2 Å². The van der Waals surface area contributed by atoms with E-state index in [-0.39, 0.29) is 31.5 Å². The predicted molar refractivity (Wildman–Crippen MR) is 116 cm³/mol. The normalized spacial score (nSPS) is 17.0. The molecule has 164 valence electrons. The van der Waals surface area contributed by atoms with Crippen LogP contribution in [0.5, 0.6) is 0 Å². The summed E-state index contributed by atoms with van der Waals surface area (Å²) in [5.74, 6) is -1.89. The van der Waals surface area contributed by atoms with Crippen LogP contribution in [0.3, 0.4) is 0 Å². The predicted octanol–water partition coefficient (Wildman–Crippen LogP) is 4.39. The highest BCUT2D eigenvalue weighted by Crippen LogP contribution is 2.36. The Kier molecular flexibility index (Phi) is 7.45. The molecule has 1 saturated heterocycles. The Labute approximate surface area is 183 Å². The molecule has 1 aliphatic rings. The fourth-order valence-electron chi connectivity index (χ4n) is 4.08. The monoisotopic (exact) mass is 423 g/mol. The van der Waals surface area contributed by atoms with Crippen molar-refractivity contribution in [3.63, 3.8) is 0 Å². The Balaban J connectivity index is 1.97. The fourth-order valence-corrected chi connectivity index (χ4v) is 4.08. The zero-order valence-corrected chi connectivity index (χ0v) is 18.2. The second-order valence-electron chi connectivity index (χ2n) is 8.01. The van der Waals surface area contributed by atoms with Gasteiger partial charge in [0.05, 0.1) is 25.0 Å². The highest BCUT2D eigenvalue weighted by atomic mass is 16.6. The summed E-state index contributed by atoms with van der Waals surface area (Å²) in [5.41, 5.74) is 1.97. The molecule has 31 heavy (non-hydrogen) atoms. The van der Waals surface area contributed by atoms with Crippen molar-refractivity contribution >= 4 is 18.0 Å². The zero-order valence-electron chi connectivity index (χ0n) is 18.2. The van der Waals surface area contributed by atoms with Gasteiger partial charge in [-0.25, -0.2) is 9.69 Å². The van der Waals surface area contributed by atoms with Crippen LogP contribution < -0.4 is 0 Å². The molecule has 2 atom stereocenters. The Morgan fingerprint density at radius 3 is 2.06 bits per heavy atom. The molecule has 0 radical (unpaired) electrons. The number of hydrogen-bond acceptors (Lipinski definition) is 5. The maximum absolute atomic E-state index is 13.5. The first-order chi connectivity index (χ1) is 14.9. The maximum atomic E-state index is 13.5. The minimum atomic E-state index is -0.667. The van der Waals surface area contributed by atoms with Crippen molar-refractivity contribution in [1.82, 2.24) is 4.90 Å². The number of carbonyl (C=O) groups is 3. The molecule has 2 aromatic carbocycles. The second-order valence-corrected chi connectivity index (χ2v) is 8.01. The molecular formula is C25H29NO5. The molecular weight excluding hydrogens is 394 g/mol. The number of rotatable bonds is 8. The molecule has 0 aliphatic carbocycles. The maximum Gasteiger partial charge on any atom is 0.417 e. The summed E-state index contributed by atoms with van der Waals surface area (Å²) in [6, 6.07) is 19.1. The quantitative estimate of drug-likeness (QED) is 0.589. The highest BCUT2D eigenvalue weighted by molar-refractivity contribution is 5.96. The summed E-state index contributed by atoms with van der Waals surface area (Å²) in [5, 5.41) is 0. The Bertz CT molecular complexity index is 857. The number of amides is 2. The molecule has 2 amide bonds. The smallest absolute Gasteiger partial charge is 0.417 e. The van der Waals surface area contributed by atoms with Crippen LogP contribution in [-0.2, 0) is 19.1 Å². The summed E-state index contributed by atoms with van der Waals surface area (Å²) < 4.78 is 10.4. The molecule has 0 N–H and O–H groups in total. The second kappa shape index (κ2) is 10.2. The average Bonchev–Trinajstić information content (AvgIpc) is 3.14. The van der Waals surface area contributed by atoms with E-state index >= 15 is 0 Å². The number of benzene rings is 2. The van der Waals surface area contributed by atoms with Crippen LogP contribution in [0.1, 0.15) is 44.2 Å². The van der Waals surface area contributed by atoms with Gasteiger partial charge in [0, 0.05) is 5.92 Å². The van der Waals surface area contributed by atoms with Gasteiger partial charge in [0.15, 0.2) is 0 Å². The topological polar surface area (TPSA) is 72.9 Å². The largest absolute Gasteiger partial charge is 0.466 e. The highest BCUT2D eigenvalue weighted by Gasteiger charge is 2.46. The summed E-state index contributed by atoms with van der Waals surface area (Å²) in [6.07, 6.45) is -0.733. The van der Waals surface area contributed by atoms with Gasteiger partial charge in [-0.05, 0) is 24.0 Å². The van der Waals surface area contributed by atoms with Gasteiger partial charge in [0.2, 0.25) is 5.91 Å². The van der Waals surface area contributed by atoms with E-state index in [1.54, 1.807) is 6.92 Å². The Morgan fingerprint density at radius 1 is 1.03 bits per heavy atom. The van der Waals surface area contributed by atoms with Crippen LogP contribution >= 0.6 is 0 Å². The van der Waals surface area contributed by atoms with Crippen molar-refractivity contribution < 1.29 is 23.9 Å². The fraction of sp³-hybridized carbons (Fsp3) is 0.400. The van der Waals surface area contributed by atoms with E-state index in [1.165, 1.54) is 4.90 Å². The number of ether oxygens (including phenoxy) is 2. The Hall–Kier alpha value is -3.15. The van der Waals surface area contributed by atoms with Gasteiger partial charge in [-0.3, -0.25) is 9.59 Å². The summed E-state index contributed by atoms with van der Waals surface area (Å²) in [7, 11) is 0. The zero-order chi connectivity index (χ0) is 22.4. The lowest BCUT2D eigenvalue weighted by atomic mass is 9.83. The molecule has 2 aromatic rings. The first-order valence-electron chi connectivity index (χ1n) is 10.7. The number of cyclic esters (lactones) is 1. The standard InChI is InChI=1S/C25H29NO5/c1-4-30-22(27)15-20(17(2)3)24(28)26-21(16-31-25(26)29)23(18-11-7-5-8-12-18)19-13-9-6-10-14-19/h5-14,17,20-21,23H,4,15-16H2,1-3H3/t20?,21-/m0/s1. The van der Waals surface area contributed by atoms with Crippen molar-refractivity contribution in [1.29, 1.82) is 0 Å². The van der Waals surface area contributed by atoms with Crippen LogP contribution in [0.2, 0.25) is 0 Å². The first-order valence-corrected chi connectivity index (χ1v) is 10.7.